The van der Waals surface area contributed by atoms with Crippen LogP contribution in [0, 0.1) is 0 Å². The highest BCUT2D eigenvalue weighted by Crippen LogP contribution is 2.31. The zero-order valence-corrected chi connectivity index (χ0v) is 10.4. The van der Waals surface area contributed by atoms with Gasteiger partial charge >= 0.3 is 0 Å². The summed E-state index contributed by atoms with van der Waals surface area (Å²) in [6, 6.07) is 6.85. The molecule has 0 heterocycles. The fourth-order valence-corrected chi connectivity index (χ4v) is 2.03. The average Bonchev–Trinajstić information content (AvgIpc) is 2.55. The molecule has 0 fully saturated rings. The van der Waals surface area contributed by atoms with E-state index in [0.717, 1.165) is 11.1 Å². The van der Waals surface area contributed by atoms with Crippen LogP contribution in [0.5, 0.6) is 0 Å². The Morgan fingerprint density at radius 2 is 2.18 bits per heavy atom. The SMILES string of the molecule is C[C@@H](N)C(=O)N[C@H]1c2ccccc2C[C@H]1O.Cl. The molecule has 0 spiro atoms. The first-order valence-corrected chi connectivity index (χ1v) is 5.41. The van der Waals surface area contributed by atoms with E-state index in [9.17, 15) is 9.90 Å². The van der Waals surface area contributed by atoms with E-state index in [0.29, 0.717) is 6.42 Å². The lowest BCUT2D eigenvalue weighted by atomic mass is 10.1. The van der Waals surface area contributed by atoms with Gasteiger partial charge in [0.15, 0.2) is 0 Å². The molecule has 1 aliphatic rings. The molecule has 0 bridgehead atoms. The van der Waals surface area contributed by atoms with Gasteiger partial charge in [0.25, 0.3) is 0 Å². The third-order valence-corrected chi connectivity index (χ3v) is 2.92. The van der Waals surface area contributed by atoms with E-state index in [2.05, 4.69) is 5.32 Å². The van der Waals surface area contributed by atoms with E-state index < -0.39 is 12.1 Å². The van der Waals surface area contributed by atoms with Gasteiger partial charge in [0, 0.05) is 6.42 Å². The maximum absolute atomic E-state index is 11.5. The minimum absolute atomic E-state index is 0. The predicted octanol–water partition coefficient (Wildman–Crippen LogP) is 0.530. The van der Waals surface area contributed by atoms with Crippen LogP contribution in [0.4, 0.5) is 0 Å². The summed E-state index contributed by atoms with van der Waals surface area (Å²) in [6.07, 6.45) is 0.0279. The summed E-state index contributed by atoms with van der Waals surface area (Å²) in [5.41, 5.74) is 7.56. The van der Waals surface area contributed by atoms with Gasteiger partial charge in [0.1, 0.15) is 0 Å². The van der Waals surface area contributed by atoms with E-state index >= 15 is 0 Å². The molecule has 0 aromatic heterocycles. The van der Waals surface area contributed by atoms with Crippen molar-refractivity contribution in [3.8, 4) is 0 Å². The number of fused-ring (bicyclic) bond motifs is 1. The van der Waals surface area contributed by atoms with Gasteiger partial charge in [-0.3, -0.25) is 4.79 Å². The maximum Gasteiger partial charge on any atom is 0.237 e. The topological polar surface area (TPSA) is 75.4 Å². The third-order valence-electron chi connectivity index (χ3n) is 2.92. The number of hydrogen-bond donors (Lipinski definition) is 3. The molecule has 2 rings (SSSR count). The second-order valence-corrected chi connectivity index (χ2v) is 4.25. The number of rotatable bonds is 2. The van der Waals surface area contributed by atoms with Crippen molar-refractivity contribution in [2.75, 3.05) is 0 Å². The van der Waals surface area contributed by atoms with Crippen molar-refractivity contribution in [3.05, 3.63) is 35.4 Å². The van der Waals surface area contributed by atoms with E-state index in [4.69, 9.17) is 5.73 Å². The summed E-state index contributed by atoms with van der Waals surface area (Å²) in [7, 11) is 0. The van der Waals surface area contributed by atoms with Crippen molar-refractivity contribution in [3.63, 3.8) is 0 Å². The first-order chi connectivity index (χ1) is 7.59. The minimum Gasteiger partial charge on any atom is -0.390 e. The molecule has 0 aliphatic heterocycles. The van der Waals surface area contributed by atoms with Crippen molar-refractivity contribution in [2.45, 2.75) is 31.5 Å². The number of benzene rings is 1. The summed E-state index contributed by atoms with van der Waals surface area (Å²) in [5.74, 6) is -0.235. The number of aliphatic hydroxyl groups is 1. The van der Waals surface area contributed by atoms with E-state index in [-0.39, 0.29) is 24.4 Å². The molecule has 94 valence electrons. The minimum atomic E-state index is -0.556. The van der Waals surface area contributed by atoms with Crippen molar-refractivity contribution in [1.82, 2.24) is 5.32 Å². The number of carbonyl (C=O) groups excluding carboxylic acids is 1. The average molecular weight is 257 g/mol. The van der Waals surface area contributed by atoms with Crippen LogP contribution in [-0.4, -0.2) is 23.2 Å². The van der Waals surface area contributed by atoms with Crippen LogP contribution in [0.2, 0.25) is 0 Å². The Bertz CT molecular complexity index is 409. The van der Waals surface area contributed by atoms with Gasteiger partial charge in [0.05, 0.1) is 18.2 Å². The summed E-state index contributed by atoms with van der Waals surface area (Å²) >= 11 is 0. The van der Waals surface area contributed by atoms with Gasteiger partial charge in [-0.05, 0) is 18.1 Å². The normalized spacial score (nSPS) is 23.5. The molecule has 0 unspecified atom stereocenters. The lowest BCUT2D eigenvalue weighted by Gasteiger charge is -2.19. The quantitative estimate of drug-likeness (QED) is 0.723. The van der Waals surface area contributed by atoms with Gasteiger partial charge in [-0.2, -0.15) is 0 Å². The number of aliphatic hydroxyl groups excluding tert-OH is 1. The molecule has 5 heteroatoms. The third kappa shape index (κ3) is 2.77. The Morgan fingerprint density at radius 3 is 2.82 bits per heavy atom. The second-order valence-electron chi connectivity index (χ2n) is 4.25. The van der Waals surface area contributed by atoms with Crippen molar-refractivity contribution >= 4 is 18.3 Å². The summed E-state index contributed by atoms with van der Waals surface area (Å²) in [6.45, 7) is 1.63. The van der Waals surface area contributed by atoms with Crippen molar-refractivity contribution in [2.24, 2.45) is 5.73 Å². The first-order valence-electron chi connectivity index (χ1n) is 5.41. The number of carbonyl (C=O) groups is 1. The molecule has 17 heavy (non-hydrogen) atoms. The molecule has 0 saturated heterocycles. The lowest BCUT2D eigenvalue weighted by Crippen LogP contribution is -2.42. The largest absolute Gasteiger partial charge is 0.390 e. The molecule has 1 amide bonds. The van der Waals surface area contributed by atoms with Crippen molar-refractivity contribution < 1.29 is 9.90 Å². The Balaban J connectivity index is 0.00000144. The highest BCUT2D eigenvalue weighted by molar-refractivity contribution is 5.85. The molecular weight excluding hydrogens is 240 g/mol. The van der Waals surface area contributed by atoms with Crippen LogP contribution in [0.1, 0.15) is 24.1 Å². The van der Waals surface area contributed by atoms with Crippen molar-refractivity contribution in [1.29, 1.82) is 0 Å². The first kappa shape index (κ1) is 14.0. The van der Waals surface area contributed by atoms with Gasteiger partial charge in [-0.15, -0.1) is 12.4 Å². The molecule has 4 N–H and O–H groups in total. The highest BCUT2D eigenvalue weighted by Gasteiger charge is 2.32. The lowest BCUT2D eigenvalue weighted by molar-refractivity contribution is -0.123. The summed E-state index contributed by atoms with van der Waals surface area (Å²) in [4.78, 5) is 11.5. The van der Waals surface area contributed by atoms with E-state index in [1.807, 2.05) is 24.3 Å². The Labute approximate surface area is 107 Å². The number of halogens is 1. The molecule has 4 nitrogen and oxygen atoms in total. The Kier molecular flexibility index (Phi) is 4.51. The maximum atomic E-state index is 11.5. The Morgan fingerprint density at radius 1 is 1.53 bits per heavy atom. The standard InChI is InChI=1S/C12H16N2O2.ClH/c1-7(13)12(16)14-11-9-5-3-2-4-8(9)6-10(11)15;/h2-5,7,10-11,15H,6,13H2,1H3,(H,14,16);1H/t7-,10-,11+;/m1./s1. The molecule has 1 aromatic rings. The fourth-order valence-electron chi connectivity index (χ4n) is 2.03. The molecule has 1 aromatic carbocycles. The van der Waals surface area contributed by atoms with Crippen LogP contribution in [-0.2, 0) is 11.2 Å². The fraction of sp³-hybridized carbons (Fsp3) is 0.417. The summed E-state index contributed by atoms with van der Waals surface area (Å²) in [5, 5.41) is 12.7. The van der Waals surface area contributed by atoms with Gasteiger partial charge in [0.2, 0.25) is 5.91 Å². The zero-order chi connectivity index (χ0) is 11.7. The summed E-state index contributed by atoms with van der Waals surface area (Å²) < 4.78 is 0. The predicted molar refractivity (Wildman–Crippen MR) is 67.9 cm³/mol. The molecule has 1 aliphatic carbocycles. The van der Waals surface area contributed by atoms with Crippen LogP contribution in [0.25, 0.3) is 0 Å². The van der Waals surface area contributed by atoms with E-state index in [1.165, 1.54) is 0 Å². The number of hydrogen-bond acceptors (Lipinski definition) is 3. The van der Waals surface area contributed by atoms with Crippen LogP contribution < -0.4 is 11.1 Å². The van der Waals surface area contributed by atoms with Crippen LogP contribution in [0.15, 0.2) is 24.3 Å². The second kappa shape index (κ2) is 5.49. The number of nitrogens with one attached hydrogen (secondary N) is 1. The molecule has 0 radical (unpaired) electrons. The number of nitrogens with two attached hydrogens (primary N) is 1. The molecule has 0 saturated carbocycles. The van der Waals surface area contributed by atoms with Crippen LogP contribution in [0.3, 0.4) is 0 Å². The van der Waals surface area contributed by atoms with Gasteiger partial charge in [-0.25, -0.2) is 0 Å². The Hall–Kier alpha value is -1.10. The monoisotopic (exact) mass is 256 g/mol. The number of amides is 1. The van der Waals surface area contributed by atoms with Gasteiger partial charge < -0.3 is 16.2 Å². The zero-order valence-electron chi connectivity index (χ0n) is 9.59. The van der Waals surface area contributed by atoms with Gasteiger partial charge in [-0.1, -0.05) is 24.3 Å². The van der Waals surface area contributed by atoms with Crippen LogP contribution >= 0.6 is 12.4 Å². The molecule has 3 atom stereocenters. The highest BCUT2D eigenvalue weighted by atomic mass is 35.5. The van der Waals surface area contributed by atoms with E-state index in [1.54, 1.807) is 6.92 Å². The smallest absolute Gasteiger partial charge is 0.237 e. The molecular formula is C12H17ClN2O2.